The summed E-state index contributed by atoms with van der Waals surface area (Å²) in [6.45, 7) is 17.7. The number of hydrogen-bond acceptors (Lipinski definition) is 6. The van der Waals surface area contributed by atoms with Crippen molar-refractivity contribution in [2.45, 2.75) is 123 Å². The first kappa shape index (κ1) is 29.7. The van der Waals surface area contributed by atoms with E-state index in [4.69, 9.17) is 18.8 Å². The monoisotopic (exact) mass is 518 g/mol. The maximum Gasteiger partial charge on any atom is 0.489 e. The van der Waals surface area contributed by atoms with Gasteiger partial charge in [0.2, 0.25) is 5.91 Å². The molecule has 3 aliphatic heterocycles. The summed E-state index contributed by atoms with van der Waals surface area (Å²) in [5, 5.41) is 3.06. The molecule has 0 aromatic carbocycles. The molecule has 3 heterocycles. The zero-order valence-corrected chi connectivity index (χ0v) is 24.0. The van der Waals surface area contributed by atoms with Crippen LogP contribution in [-0.4, -0.2) is 72.7 Å². The third-order valence-corrected chi connectivity index (χ3v) is 8.26. The van der Waals surface area contributed by atoms with Crippen LogP contribution in [0.25, 0.3) is 0 Å². The van der Waals surface area contributed by atoms with Crippen LogP contribution in [0, 0.1) is 5.92 Å². The molecule has 5 atom stereocenters. The normalized spacial score (nSPS) is 30.9. The number of hydrogen-bond donors (Lipinski definition) is 1. The standard InChI is InChI=1S/C28H47BN2O6/c1-19-18-23(30-25(32)15-13-21(3)34-26(33)31-16-10-9-11-17-31)22(4)35-24(19)14-12-20(2)29-36-27(5,6)28(7,8)37-29/h12-13,15,19,21-24H,9-11,14,16-18H2,1-8H3,(H,30,32)/b15-13-,20-12+/t19-,21-,22+,23+,24-/m0/s1. The number of piperidine rings is 1. The van der Waals surface area contributed by atoms with Gasteiger partial charge in [0.05, 0.1) is 29.5 Å². The highest BCUT2D eigenvalue weighted by atomic mass is 16.7. The van der Waals surface area contributed by atoms with Crippen LogP contribution in [0.5, 0.6) is 0 Å². The summed E-state index contributed by atoms with van der Waals surface area (Å²) in [6, 6.07) is -0.0808. The van der Waals surface area contributed by atoms with E-state index < -0.39 is 6.10 Å². The summed E-state index contributed by atoms with van der Waals surface area (Å²) in [6.07, 6.45) is 9.17. The predicted octanol–water partition coefficient (Wildman–Crippen LogP) is 4.82. The molecule has 208 valence electrons. The van der Waals surface area contributed by atoms with Crippen molar-refractivity contribution in [3.63, 3.8) is 0 Å². The highest BCUT2D eigenvalue weighted by Gasteiger charge is 2.51. The molecule has 1 N–H and O–H groups in total. The fourth-order valence-electron chi connectivity index (χ4n) is 4.94. The summed E-state index contributed by atoms with van der Waals surface area (Å²) in [4.78, 5) is 26.5. The molecule has 0 bridgehead atoms. The van der Waals surface area contributed by atoms with Gasteiger partial charge in [-0.25, -0.2) is 4.79 Å². The molecule has 0 aromatic rings. The van der Waals surface area contributed by atoms with E-state index in [0.717, 1.165) is 50.7 Å². The highest BCUT2D eigenvalue weighted by molar-refractivity contribution is 6.54. The van der Waals surface area contributed by atoms with E-state index in [1.807, 2.05) is 13.8 Å². The minimum Gasteiger partial charge on any atom is -0.442 e. The molecule has 37 heavy (non-hydrogen) atoms. The second-order valence-electron chi connectivity index (χ2n) is 12.0. The van der Waals surface area contributed by atoms with Gasteiger partial charge in [0.25, 0.3) is 0 Å². The number of carbonyl (C=O) groups excluding carboxylic acids is 2. The van der Waals surface area contributed by atoms with E-state index in [9.17, 15) is 9.59 Å². The molecule has 3 rings (SSSR count). The number of nitrogens with one attached hydrogen (secondary N) is 1. The summed E-state index contributed by atoms with van der Waals surface area (Å²) in [5.74, 6) is 0.0701. The minimum absolute atomic E-state index is 0.0605. The van der Waals surface area contributed by atoms with Gasteiger partial charge in [0.1, 0.15) is 6.10 Å². The van der Waals surface area contributed by atoms with E-state index in [2.05, 4.69) is 46.0 Å². The molecule has 3 fully saturated rings. The quantitative estimate of drug-likeness (QED) is 0.384. The summed E-state index contributed by atoms with van der Waals surface area (Å²) in [5.41, 5.74) is 0.336. The van der Waals surface area contributed by atoms with Gasteiger partial charge in [0, 0.05) is 19.2 Å². The first-order chi connectivity index (χ1) is 17.3. The van der Waals surface area contributed by atoms with Crippen molar-refractivity contribution >= 4 is 19.1 Å². The lowest BCUT2D eigenvalue weighted by atomic mass is 9.78. The molecule has 0 unspecified atom stereocenters. The van der Waals surface area contributed by atoms with E-state index in [-0.39, 0.29) is 54.5 Å². The van der Waals surface area contributed by atoms with Gasteiger partial charge >= 0.3 is 13.2 Å². The molecule has 0 spiro atoms. The van der Waals surface area contributed by atoms with Gasteiger partial charge < -0.3 is 29.0 Å². The second-order valence-corrected chi connectivity index (χ2v) is 12.0. The zero-order valence-electron chi connectivity index (χ0n) is 24.0. The maximum atomic E-state index is 12.6. The van der Waals surface area contributed by atoms with Gasteiger partial charge in [-0.3, -0.25) is 4.79 Å². The number of rotatable bonds is 7. The van der Waals surface area contributed by atoms with Crippen molar-refractivity contribution < 1.29 is 28.4 Å². The van der Waals surface area contributed by atoms with Crippen molar-refractivity contribution in [3.8, 4) is 0 Å². The molecule has 0 aromatic heterocycles. The zero-order chi connectivity index (χ0) is 27.4. The van der Waals surface area contributed by atoms with Crippen LogP contribution in [-0.2, 0) is 23.6 Å². The molecule has 8 nitrogen and oxygen atoms in total. The maximum absolute atomic E-state index is 12.6. The molecular formula is C28H47BN2O6. The van der Waals surface area contributed by atoms with Crippen LogP contribution >= 0.6 is 0 Å². The summed E-state index contributed by atoms with van der Waals surface area (Å²) in [7, 11) is -0.346. The Balaban J connectivity index is 1.44. The Morgan fingerprint density at radius 2 is 1.73 bits per heavy atom. The van der Waals surface area contributed by atoms with Crippen LogP contribution in [0.3, 0.4) is 0 Å². The Bertz CT molecular complexity index is 851. The molecule has 0 aliphatic carbocycles. The number of carbonyl (C=O) groups is 2. The Hall–Kier alpha value is -1.84. The number of likely N-dealkylation sites (tertiary alicyclic amines) is 1. The first-order valence-electron chi connectivity index (χ1n) is 13.9. The fourth-order valence-corrected chi connectivity index (χ4v) is 4.94. The van der Waals surface area contributed by atoms with Gasteiger partial charge in [-0.15, -0.1) is 0 Å². The van der Waals surface area contributed by atoms with Crippen molar-refractivity contribution in [1.82, 2.24) is 10.2 Å². The smallest absolute Gasteiger partial charge is 0.442 e. The fraction of sp³-hybridized carbons (Fsp3) is 0.786. The van der Waals surface area contributed by atoms with Gasteiger partial charge in [-0.1, -0.05) is 13.0 Å². The largest absolute Gasteiger partial charge is 0.489 e. The average molecular weight is 519 g/mol. The molecule has 9 heteroatoms. The molecule has 0 radical (unpaired) electrons. The van der Waals surface area contributed by atoms with Gasteiger partial charge in [-0.2, -0.15) is 0 Å². The number of ether oxygens (including phenoxy) is 2. The highest BCUT2D eigenvalue weighted by Crippen LogP contribution is 2.38. The summed E-state index contributed by atoms with van der Waals surface area (Å²) < 4.78 is 24.1. The van der Waals surface area contributed by atoms with Gasteiger partial charge in [0.15, 0.2) is 0 Å². The van der Waals surface area contributed by atoms with Crippen LogP contribution in [0.1, 0.15) is 87.5 Å². The molecular weight excluding hydrogens is 471 g/mol. The topological polar surface area (TPSA) is 86.3 Å². The lowest BCUT2D eigenvalue weighted by molar-refractivity contribution is -0.123. The van der Waals surface area contributed by atoms with Crippen molar-refractivity contribution in [2.24, 2.45) is 5.92 Å². The van der Waals surface area contributed by atoms with Gasteiger partial charge in [-0.05, 0) is 98.0 Å². The average Bonchev–Trinajstić information content (AvgIpc) is 3.06. The molecule has 0 saturated carbocycles. The van der Waals surface area contributed by atoms with E-state index in [1.165, 1.54) is 6.08 Å². The number of nitrogens with zero attached hydrogens (tertiary/aromatic N) is 1. The lowest BCUT2D eigenvalue weighted by Gasteiger charge is -2.39. The Kier molecular flexibility index (Phi) is 9.92. The Morgan fingerprint density at radius 1 is 1.11 bits per heavy atom. The third kappa shape index (κ3) is 7.84. The SMILES string of the molecule is C/C(=C\C[C@@H]1O[C@H](C)[C@H](NC(=O)/C=C\[C@H](C)OC(=O)N2CCCCC2)C[C@@H]1C)B1OC(C)(C)C(C)(C)O1. The van der Waals surface area contributed by atoms with E-state index >= 15 is 0 Å². The van der Waals surface area contributed by atoms with Crippen molar-refractivity contribution in [2.75, 3.05) is 13.1 Å². The number of amides is 2. The van der Waals surface area contributed by atoms with E-state index in [0.29, 0.717) is 0 Å². The second kappa shape index (κ2) is 12.3. The lowest BCUT2D eigenvalue weighted by Crippen LogP contribution is -2.50. The Morgan fingerprint density at radius 3 is 2.35 bits per heavy atom. The van der Waals surface area contributed by atoms with Crippen LogP contribution in [0.4, 0.5) is 4.79 Å². The van der Waals surface area contributed by atoms with Crippen LogP contribution in [0.2, 0.25) is 0 Å². The van der Waals surface area contributed by atoms with Crippen LogP contribution in [0.15, 0.2) is 23.7 Å². The summed E-state index contributed by atoms with van der Waals surface area (Å²) >= 11 is 0. The minimum atomic E-state index is -0.470. The van der Waals surface area contributed by atoms with Crippen molar-refractivity contribution in [1.29, 1.82) is 0 Å². The van der Waals surface area contributed by atoms with E-state index in [1.54, 1.807) is 17.9 Å². The molecule has 2 amide bonds. The molecule has 3 saturated heterocycles. The third-order valence-electron chi connectivity index (χ3n) is 8.26. The molecule has 3 aliphatic rings. The van der Waals surface area contributed by atoms with Crippen molar-refractivity contribution in [3.05, 3.63) is 23.7 Å². The number of allylic oxidation sites excluding steroid dienone is 1. The van der Waals surface area contributed by atoms with Crippen LogP contribution < -0.4 is 5.32 Å². The first-order valence-corrected chi connectivity index (χ1v) is 13.9. The predicted molar refractivity (Wildman–Crippen MR) is 145 cm³/mol. The Labute approximate surface area is 223 Å².